The molecule has 0 bridgehead atoms. The van der Waals surface area contributed by atoms with Crippen molar-refractivity contribution in [2.75, 3.05) is 26.2 Å². The van der Waals surface area contributed by atoms with Gasteiger partial charge in [-0.3, -0.25) is 9.69 Å². The minimum absolute atomic E-state index is 0.284. The molecule has 1 saturated carbocycles. The Morgan fingerprint density at radius 2 is 1.86 bits per heavy atom. The Bertz CT molecular complexity index is 849. The van der Waals surface area contributed by atoms with Crippen molar-refractivity contribution in [3.8, 4) is 11.3 Å². The van der Waals surface area contributed by atoms with Crippen LogP contribution in [0.25, 0.3) is 11.3 Å². The van der Waals surface area contributed by atoms with Gasteiger partial charge >= 0.3 is 0 Å². The SMILES string of the molecule is O=C(C1CC12CCN(Cc1cc(-c3ccc(Cl)cc3)no1)CC2)N1CCCC1. The molecule has 1 unspecified atom stereocenters. The van der Waals surface area contributed by atoms with Gasteiger partial charge in [0.05, 0.1) is 6.54 Å². The molecule has 5 rings (SSSR count). The summed E-state index contributed by atoms with van der Waals surface area (Å²) in [5.74, 6) is 1.60. The Labute approximate surface area is 170 Å². The van der Waals surface area contributed by atoms with Gasteiger partial charge in [-0.15, -0.1) is 0 Å². The molecular weight excluding hydrogens is 374 g/mol. The molecule has 148 valence electrons. The highest BCUT2D eigenvalue weighted by Gasteiger charge is 2.59. The summed E-state index contributed by atoms with van der Waals surface area (Å²) in [7, 11) is 0. The Balaban J connectivity index is 1.15. The lowest BCUT2D eigenvalue weighted by atomic mass is 9.90. The van der Waals surface area contributed by atoms with Crippen LogP contribution in [0.15, 0.2) is 34.9 Å². The fourth-order valence-electron chi connectivity index (χ4n) is 4.93. The smallest absolute Gasteiger partial charge is 0.226 e. The van der Waals surface area contributed by atoms with Crippen molar-refractivity contribution in [2.45, 2.75) is 38.6 Å². The van der Waals surface area contributed by atoms with Crippen molar-refractivity contribution < 1.29 is 9.32 Å². The van der Waals surface area contributed by atoms with E-state index in [4.69, 9.17) is 16.1 Å². The summed E-state index contributed by atoms with van der Waals surface area (Å²) >= 11 is 5.95. The van der Waals surface area contributed by atoms with E-state index in [1.807, 2.05) is 30.3 Å². The zero-order valence-electron chi connectivity index (χ0n) is 16.1. The summed E-state index contributed by atoms with van der Waals surface area (Å²) in [6.45, 7) is 4.78. The zero-order valence-corrected chi connectivity index (χ0v) is 16.8. The second kappa shape index (κ2) is 7.20. The molecule has 1 aliphatic carbocycles. The van der Waals surface area contributed by atoms with E-state index < -0.39 is 0 Å². The first-order valence-corrected chi connectivity index (χ1v) is 10.7. The first-order valence-electron chi connectivity index (χ1n) is 10.4. The third kappa shape index (κ3) is 3.46. The van der Waals surface area contributed by atoms with Gasteiger partial charge in [0.2, 0.25) is 5.91 Å². The maximum absolute atomic E-state index is 12.7. The van der Waals surface area contributed by atoms with Crippen molar-refractivity contribution in [1.82, 2.24) is 15.0 Å². The van der Waals surface area contributed by atoms with Crippen LogP contribution in [0, 0.1) is 11.3 Å². The number of nitrogens with zero attached hydrogens (tertiary/aromatic N) is 3. The molecule has 3 fully saturated rings. The highest BCUT2D eigenvalue weighted by atomic mass is 35.5. The van der Waals surface area contributed by atoms with Crippen molar-refractivity contribution in [2.24, 2.45) is 11.3 Å². The van der Waals surface area contributed by atoms with Crippen LogP contribution in [0.2, 0.25) is 5.02 Å². The number of carbonyl (C=O) groups excluding carboxylic acids is 1. The molecule has 0 N–H and O–H groups in total. The van der Waals surface area contributed by atoms with Crippen molar-refractivity contribution >= 4 is 17.5 Å². The monoisotopic (exact) mass is 399 g/mol. The highest BCUT2D eigenvalue weighted by Crippen LogP contribution is 2.60. The molecule has 3 heterocycles. The highest BCUT2D eigenvalue weighted by molar-refractivity contribution is 6.30. The molecular formula is C22H26ClN3O2. The molecule has 5 nitrogen and oxygen atoms in total. The van der Waals surface area contributed by atoms with E-state index in [0.29, 0.717) is 5.91 Å². The molecule has 2 aliphatic heterocycles. The lowest BCUT2D eigenvalue weighted by molar-refractivity contribution is -0.132. The van der Waals surface area contributed by atoms with Crippen LogP contribution < -0.4 is 0 Å². The van der Waals surface area contributed by atoms with E-state index in [2.05, 4.69) is 15.0 Å². The normalized spacial score (nSPS) is 24.0. The summed E-state index contributed by atoms with van der Waals surface area (Å²) in [5.41, 5.74) is 2.14. The lowest BCUT2D eigenvalue weighted by Crippen LogP contribution is -2.37. The predicted octanol–water partition coefficient (Wildman–Crippen LogP) is 4.22. The number of rotatable bonds is 4. The van der Waals surface area contributed by atoms with Crippen LogP contribution >= 0.6 is 11.6 Å². The molecule has 1 aromatic heterocycles. The van der Waals surface area contributed by atoms with E-state index >= 15 is 0 Å². The van der Waals surface area contributed by atoms with Crippen molar-refractivity contribution in [1.29, 1.82) is 0 Å². The number of carbonyl (C=O) groups is 1. The van der Waals surface area contributed by atoms with E-state index in [0.717, 1.165) is 74.0 Å². The van der Waals surface area contributed by atoms with Gasteiger partial charge in [-0.25, -0.2) is 0 Å². The Morgan fingerprint density at radius 1 is 1.14 bits per heavy atom. The van der Waals surface area contributed by atoms with E-state index in [9.17, 15) is 4.79 Å². The summed E-state index contributed by atoms with van der Waals surface area (Å²) < 4.78 is 5.56. The van der Waals surface area contributed by atoms with Crippen molar-refractivity contribution in [3.05, 3.63) is 41.1 Å². The number of amides is 1. The topological polar surface area (TPSA) is 49.6 Å². The standard InChI is InChI=1S/C22H26ClN3O2/c23-17-5-3-16(4-6-17)20-13-18(28-24-20)15-25-11-7-22(8-12-25)14-19(22)21(27)26-9-1-2-10-26/h3-6,13,19H,1-2,7-12,14-15H2. The van der Waals surface area contributed by atoms with E-state index in [-0.39, 0.29) is 11.3 Å². The van der Waals surface area contributed by atoms with Gasteiger partial charge in [0, 0.05) is 35.7 Å². The van der Waals surface area contributed by atoms with Gasteiger partial charge in [-0.2, -0.15) is 0 Å². The minimum Gasteiger partial charge on any atom is -0.359 e. The molecule has 1 aromatic carbocycles. The first kappa shape index (κ1) is 18.2. The fraction of sp³-hybridized carbons (Fsp3) is 0.545. The number of hydrogen-bond donors (Lipinski definition) is 0. The number of likely N-dealkylation sites (tertiary alicyclic amines) is 2. The summed E-state index contributed by atoms with van der Waals surface area (Å²) in [6.07, 6.45) is 5.69. The molecule has 1 spiro atoms. The largest absolute Gasteiger partial charge is 0.359 e. The van der Waals surface area contributed by atoms with Crippen LogP contribution in [0.3, 0.4) is 0 Å². The Morgan fingerprint density at radius 3 is 2.57 bits per heavy atom. The van der Waals surface area contributed by atoms with Crippen LogP contribution in [0.5, 0.6) is 0 Å². The number of piperidine rings is 1. The molecule has 0 radical (unpaired) electrons. The van der Waals surface area contributed by atoms with Crippen LogP contribution in [0.1, 0.15) is 37.9 Å². The molecule has 1 atom stereocenters. The summed E-state index contributed by atoms with van der Waals surface area (Å²) in [4.78, 5) is 17.2. The molecule has 28 heavy (non-hydrogen) atoms. The van der Waals surface area contributed by atoms with Gasteiger partial charge in [0.15, 0.2) is 5.76 Å². The third-order valence-corrected chi connectivity index (χ3v) is 7.09. The van der Waals surface area contributed by atoms with Crippen molar-refractivity contribution in [3.63, 3.8) is 0 Å². The summed E-state index contributed by atoms with van der Waals surface area (Å²) in [5, 5.41) is 4.93. The average Bonchev–Trinajstić information content (AvgIpc) is 3.10. The lowest BCUT2D eigenvalue weighted by Gasteiger charge is -2.32. The quantitative estimate of drug-likeness (QED) is 0.772. The molecule has 3 aliphatic rings. The minimum atomic E-state index is 0.284. The Hall–Kier alpha value is -1.85. The predicted molar refractivity (Wildman–Crippen MR) is 108 cm³/mol. The first-order chi connectivity index (χ1) is 13.6. The third-order valence-electron chi connectivity index (χ3n) is 6.84. The van der Waals surface area contributed by atoms with Gasteiger partial charge in [-0.05, 0) is 62.7 Å². The van der Waals surface area contributed by atoms with E-state index in [1.165, 1.54) is 12.8 Å². The fourth-order valence-corrected chi connectivity index (χ4v) is 5.05. The molecule has 6 heteroatoms. The van der Waals surface area contributed by atoms with E-state index in [1.54, 1.807) is 0 Å². The van der Waals surface area contributed by atoms with Gasteiger partial charge in [-0.1, -0.05) is 28.9 Å². The summed E-state index contributed by atoms with van der Waals surface area (Å²) in [6, 6.07) is 9.67. The molecule has 1 amide bonds. The number of aromatic nitrogens is 1. The number of halogens is 1. The maximum atomic E-state index is 12.7. The molecule has 2 saturated heterocycles. The van der Waals surface area contributed by atoms with Gasteiger partial charge in [0.25, 0.3) is 0 Å². The average molecular weight is 400 g/mol. The Kier molecular flexibility index (Phi) is 4.68. The maximum Gasteiger partial charge on any atom is 0.226 e. The van der Waals surface area contributed by atoms with Crippen LogP contribution in [-0.2, 0) is 11.3 Å². The van der Waals surface area contributed by atoms with Gasteiger partial charge in [0.1, 0.15) is 5.69 Å². The van der Waals surface area contributed by atoms with Gasteiger partial charge < -0.3 is 9.42 Å². The second-order valence-electron chi connectivity index (χ2n) is 8.61. The van der Waals surface area contributed by atoms with Crippen LogP contribution in [0.4, 0.5) is 0 Å². The molecule has 2 aromatic rings. The number of benzene rings is 1. The zero-order chi connectivity index (χ0) is 19.1. The van der Waals surface area contributed by atoms with Crippen LogP contribution in [-0.4, -0.2) is 47.0 Å². The number of hydrogen-bond acceptors (Lipinski definition) is 4. The second-order valence-corrected chi connectivity index (χ2v) is 9.05.